The monoisotopic (exact) mass is 249 g/mol. The van der Waals surface area contributed by atoms with Crippen molar-refractivity contribution >= 4 is 5.91 Å². The van der Waals surface area contributed by atoms with Gasteiger partial charge >= 0.3 is 0 Å². The van der Waals surface area contributed by atoms with Crippen LogP contribution in [-0.4, -0.2) is 40.2 Å². The molecule has 4 heteroatoms. The number of hydrogen-bond acceptors (Lipinski definition) is 3. The molecule has 2 unspecified atom stereocenters. The van der Waals surface area contributed by atoms with Crippen LogP contribution in [0.25, 0.3) is 0 Å². The molecule has 0 spiro atoms. The maximum Gasteiger partial charge on any atom is 0.254 e. The van der Waals surface area contributed by atoms with Crippen molar-refractivity contribution in [1.82, 2.24) is 4.90 Å². The molecule has 0 bridgehead atoms. The minimum atomic E-state index is -0.303. The molecule has 1 aromatic rings. The molecule has 0 radical (unpaired) electrons. The standard InChI is InChI=1S/C14H19NO3/c1-2-10-9-15(7-6-13(10)17)14(18)11-4-3-5-12(16)8-11/h3-5,8,10,13,16-17H,2,6-7,9H2,1H3. The molecule has 1 fully saturated rings. The Kier molecular flexibility index (Phi) is 3.87. The number of carbonyl (C=O) groups is 1. The van der Waals surface area contributed by atoms with Gasteiger partial charge in [0.05, 0.1) is 6.10 Å². The quantitative estimate of drug-likeness (QED) is 0.837. The van der Waals surface area contributed by atoms with E-state index in [9.17, 15) is 15.0 Å². The van der Waals surface area contributed by atoms with Crippen molar-refractivity contribution in [1.29, 1.82) is 0 Å². The van der Waals surface area contributed by atoms with E-state index < -0.39 is 0 Å². The highest BCUT2D eigenvalue weighted by Crippen LogP contribution is 2.22. The molecule has 1 aliphatic heterocycles. The normalized spacial score (nSPS) is 24.0. The molecule has 2 atom stereocenters. The van der Waals surface area contributed by atoms with Crippen LogP contribution in [0, 0.1) is 5.92 Å². The molecule has 18 heavy (non-hydrogen) atoms. The van der Waals surface area contributed by atoms with Crippen LogP contribution in [0.1, 0.15) is 30.1 Å². The van der Waals surface area contributed by atoms with Crippen molar-refractivity contribution < 1.29 is 15.0 Å². The number of likely N-dealkylation sites (tertiary alicyclic amines) is 1. The summed E-state index contributed by atoms with van der Waals surface area (Å²) in [5, 5.41) is 19.2. The van der Waals surface area contributed by atoms with E-state index in [4.69, 9.17) is 0 Å². The van der Waals surface area contributed by atoms with Crippen LogP contribution >= 0.6 is 0 Å². The van der Waals surface area contributed by atoms with Crippen molar-refractivity contribution in [3.8, 4) is 5.75 Å². The minimum absolute atomic E-state index is 0.0729. The van der Waals surface area contributed by atoms with E-state index in [2.05, 4.69) is 0 Å². The van der Waals surface area contributed by atoms with Gasteiger partial charge in [-0.15, -0.1) is 0 Å². The van der Waals surface area contributed by atoms with E-state index in [0.717, 1.165) is 6.42 Å². The zero-order chi connectivity index (χ0) is 13.1. The number of benzene rings is 1. The Hall–Kier alpha value is -1.55. The third kappa shape index (κ3) is 2.64. The Morgan fingerprint density at radius 2 is 2.28 bits per heavy atom. The largest absolute Gasteiger partial charge is 0.508 e. The van der Waals surface area contributed by atoms with E-state index >= 15 is 0 Å². The maximum absolute atomic E-state index is 12.3. The Labute approximate surface area is 107 Å². The van der Waals surface area contributed by atoms with E-state index in [1.165, 1.54) is 6.07 Å². The van der Waals surface area contributed by atoms with E-state index in [1.54, 1.807) is 23.1 Å². The first-order valence-corrected chi connectivity index (χ1v) is 6.38. The first-order valence-electron chi connectivity index (χ1n) is 6.38. The van der Waals surface area contributed by atoms with Gasteiger partial charge in [0.1, 0.15) is 5.75 Å². The van der Waals surface area contributed by atoms with Gasteiger partial charge in [0.2, 0.25) is 0 Å². The number of aliphatic hydroxyl groups excluding tert-OH is 1. The highest BCUT2D eigenvalue weighted by atomic mass is 16.3. The molecule has 1 amide bonds. The van der Waals surface area contributed by atoms with Crippen molar-refractivity contribution in [3.63, 3.8) is 0 Å². The summed E-state index contributed by atoms with van der Waals surface area (Å²) in [5.74, 6) is 0.182. The lowest BCUT2D eigenvalue weighted by atomic mass is 9.92. The molecule has 1 heterocycles. The van der Waals surface area contributed by atoms with Gasteiger partial charge < -0.3 is 15.1 Å². The van der Waals surface area contributed by atoms with Crippen LogP contribution in [0.4, 0.5) is 0 Å². The number of rotatable bonds is 2. The second-order valence-corrected chi connectivity index (χ2v) is 4.83. The summed E-state index contributed by atoms with van der Waals surface area (Å²) in [5.41, 5.74) is 0.501. The third-order valence-corrected chi connectivity index (χ3v) is 3.60. The SMILES string of the molecule is CCC1CN(C(=O)c2cccc(O)c2)CCC1O. The summed E-state index contributed by atoms with van der Waals surface area (Å²) in [6.45, 7) is 3.19. The van der Waals surface area contributed by atoms with E-state index in [0.29, 0.717) is 25.1 Å². The van der Waals surface area contributed by atoms with Gasteiger partial charge in [-0.2, -0.15) is 0 Å². The van der Waals surface area contributed by atoms with Crippen LogP contribution in [0.15, 0.2) is 24.3 Å². The zero-order valence-electron chi connectivity index (χ0n) is 10.5. The summed E-state index contributed by atoms with van der Waals surface area (Å²) in [7, 11) is 0. The number of amides is 1. The smallest absolute Gasteiger partial charge is 0.254 e. The van der Waals surface area contributed by atoms with Gasteiger partial charge in [-0.1, -0.05) is 13.0 Å². The van der Waals surface area contributed by atoms with Crippen molar-refractivity contribution in [2.45, 2.75) is 25.9 Å². The Morgan fingerprint density at radius 3 is 2.94 bits per heavy atom. The Bertz CT molecular complexity index is 433. The predicted molar refractivity (Wildman–Crippen MR) is 68.4 cm³/mol. The molecule has 1 aliphatic rings. The maximum atomic E-state index is 12.3. The highest BCUT2D eigenvalue weighted by Gasteiger charge is 2.29. The van der Waals surface area contributed by atoms with Crippen molar-refractivity contribution in [3.05, 3.63) is 29.8 Å². The lowest BCUT2D eigenvalue weighted by molar-refractivity contribution is 0.0229. The van der Waals surface area contributed by atoms with Crippen LogP contribution in [0.2, 0.25) is 0 Å². The Morgan fingerprint density at radius 1 is 1.50 bits per heavy atom. The zero-order valence-corrected chi connectivity index (χ0v) is 10.5. The molecule has 0 aliphatic carbocycles. The molecule has 0 aromatic heterocycles. The molecule has 4 nitrogen and oxygen atoms in total. The van der Waals surface area contributed by atoms with Gasteiger partial charge in [0, 0.05) is 24.6 Å². The lowest BCUT2D eigenvalue weighted by Crippen LogP contribution is -2.45. The first-order chi connectivity index (χ1) is 8.61. The summed E-state index contributed by atoms with van der Waals surface area (Å²) < 4.78 is 0. The summed E-state index contributed by atoms with van der Waals surface area (Å²) in [6, 6.07) is 6.40. The highest BCUT2D eigenvalue weighted by molar-refractivity contribution is 5.94. The minimum Gasteiger partial charge on any atom is -0.508 e. The molecular formula is C14H19NO3. The van der Waals surface area contributed by atoms with Gasteiger partial charge in [-0.05, 0) is 31.0 Å². The summed E-state index contributed by atoms with van der Waals surface area (Å²) >= 11 is 0. The fourth-order valence-electron chi connectivity index (χ4n) is 2.43. The number of hydrogen-bond donors (Lipinski definition) is 2. The first kappa shape index (κ1) is 12.9. The van der Waals surface area contributed by atoms with Gasteiger partial charge in [0.25, 0.3) is 5.91 Å². The van der Waals surface area contributed by atoms with Gasteiger partial charge in [-0.3, -0.25) is 4.79 Å². The van der Waals surface area contributed by atoms with Crippen molar-refractivity contribution in [2.75, 3.05) is 13.1 Å². The molecule has 2 N–H and O–H groups in total. The molecular weight excluding hydrogens is 230 g/mol. The lowest BCUT2D eigenvalue weighted by Gasteiger charge is -2.35. The van der Waals surface area contributed by atoms with Crippen LogP contribution < -0.4 is 0 Å². The topological polar surface area (TPSA) is 60.8 Å². The van der Waals surface area contributed by atoms with Crippen LogP contribution in [-0.2, 0) is 0 Å². The summed E-state index contributed by atoms with van der Waals surface area (Å²) in [6.07, 6.45) is 1.19. The van der Waals surface area contributed by atoms with E-state index in [-0.39, 0.29) is 23.7 Å². The Balaban J connectivity index is 2.10. The number of nitrogens with zero attached hydrogens (tertiary/aromatic N) is 1. The predicted octanol–water partition coefficient (Wildman–Crippen LogP) is 1.63. The summed E-state index contributed by atoms with van der Waals surface area (Å²) in [4.78, 5) is 14.0. The average molecular weight is 249 g/mol. The van der Waals surface area contributed by atoms with Crippen LogP contribution in [0.5, 0.6) is 5.75 Å². The van der Waals surface area contributed by atoms with Gasteiger partial charge in [0.15, 0.2) is 0 Å². The van der Waals surface area contributed by atoms with E-state index in [1.807, 2.05) is 6.92 Å². The van der Waals surface area contributed by atoms with Crippen LogP contribution in [0.3, 0.4) is 0 Å². The van der Waals surface area contributed by atoms with Crippen molar-refractivity contribution in [2.24, 2.45) is 5.92 Å². The fourth-order valence-corrected chi connectivity index (χ4v) is 2.43. The second kappa shape index (κ2) is 5.40. The number of piperidine rings is 1. The molecule has 1 saturated heterocycles. The average Bonchev–Trinajstić information content (AvgIpc) is 2.38. The molecule has 0 saturated carbocycles. The number of aliphatic hydroxyl groups is 1. The molecule has 98 valence electrons. The number of phenolic OH excluding ortho intramolecular Hbond substituents is 1. The molecule has 2 rings (SSSR count). The third-order valence-electron chi connectivity index (χ3n) is 3.60. The molecule has 1 aromatic carbocycles. The second-order valence-electron chi connectivity index (χ2n) is 4.83. The number of phenols is 1. The van der Waals surface area contributed by atoms with Gasteiger partial charge in [-0.25, -0.2) is 0 Å². The fraction of sp³-hybridized carbons (Fsp3) is 0.500. The number of carbonyl (C=O) groups excluding carboxylic acids is 1. The number of aromatic hydroxyl groups is 1.